The van der Waals surface area contributed by atoms with Crippen LogP contribution in [0.2, 0.25) is 0 Å². The van der Waals surface area contributed by atoms with Gasteiger partial charge in [-0.3, -0.25) is 0 Å². The molecule has 0 saturated carbocycles. The molecular weight excluding hydrogens is 300 g/mol. The normalized spacial score (nSPS) is 10.0. The molecule has 0 spiro atoms. The third-order valence-electron chi connectivity index (χ3n) is 3.44. The smallest absolute Gasteiger partial charge is 0.323 e. The maximum absolute atomic E-state index is 12.0. The monoisotopic (exact) mass is 318 g/mol. The van der Waals surface area contributed by atoms with E-state index < -0.39 is 0 Å². The summed E-state index contributed by atoms with van der Waals surface area (Å²) in [7, 11) is 0. The van der Waals surface area contributed by atoms with Crippen molar-refractivity contribution in [3.63, 3.8) is 0 Å². The molecule has 120 valence electrons. The van der Waals surface area contributed by atoms with E-state index in [2.05, 4.69) is 10.6 Å². The number of hydrogen-bond acceptors (Lipinski definition) is 2. The highest BCUT2D eigenvalue weighted by Crippen LogP contribution is 2.26. The van der Waals surface area contributed by atoms with Crippen LogP contribution >= 0.6 is 0 Å². The van der Waals surface area contributed by atoms with E-state index in [1.54, 1.807) is 6.07 Å². The lowest BCUT2D eigenvalue weighted by molar-refractivity contribution is 0.262. The van der Waals surface area contributed by atoms with Gasteiger partial charge in [-0.15, -0.1) is 0 Å². The van der Waals surface area contributed by atoms with Crippen LogP contribution in [-0.2, 0) is 0 Å². The zero-order valence-electron chi connectivity index (χ0n) is 13.3. The fourth-order valence-corrected chi connectivity index (χ4v) is 2.25. The van der Waals surface area contributed by atoms with Crippen molar-refractivity contribution in [2.45, 2.75) is 6.92 Å². The molecule has 2 amide bonds. The van der Waals surface area contributed by atoms with Gasteiger partial charge in [0.2, 0.25) is 0 Å². The van der Waals surface area contributed by atoms with E-state index >= 15 is 0 Å². The summed E-state index contributed by atoms with van der Waals surface area (Å²) in [6.07, 6.45) is 0. The number of hydrogen-bond donors (Lipinski definition) is 2. The highest BCUT2D eigenvalue weighted by atomic mass is 16.5. The number of amides is 2. The van der Waals surface area contributed by atoms with E-state index in [1.165, 1.54) is 0 Å². The van der Waals surface area contributed by atoms with E-state index in [1.807, 2.05) is 79.7 Å². The van der Waals surface area contributed by atoms with E-state index in [4.69, 9.17) is 4.74 Å². The first kappa shape index (κ1) is 15.6. The minimum absolute atomic E-state index is 0.297. The second-order valence-electron chi connectivity index (χ2n) is 5.34. The molecule has 3 rings (SSSR count). The van der Waals surface area contributed by atoms with E-state index in [-0.39, 0.29) is 6.03 Å². The van der Waals surface area contributed by atoms with Crippen LogP contribution in [0.3, 0.4) is 0 Å². The SMILES string of the molecule is Cc1ccccc1Oc1cccc(NC(=O)Nc2ccccc2)c1. The fraction of sp³-hybridized carbons (Fsp3) is 0.0500. The first-order valence-corrected chi connectivity index (χ1v) is 7.67. The standard InChI is InChI=1S/C20H18N2O2/c1-15-8-5-6-13-19(15)24-18-12-7-11-17(14-18)22-20(23)21-16-9-3-2-4-10-16/h2-14H,1H3,(H2,21,22,23). The molecular formula is C20H18N2O2. The van der Waals surface area contributed by atoms with Gasteiger partial charge in [0, 0.05) is 17.4 Å². The summed E-state index contributed by atoms with van der Waals surface area (Å²) >= 11 is 0. The lowest BCUT2D eigenvalue weighted by atomic mass is 10.2. The van der Waals surface area contributed by atoms with Crippen molar-refractivity contribution < 1.29 is 9.53 Å². The summed E-state index contributed by atoms with van der Waals surface area (Å²) in [4.78, 5) is 12.0. The maximum atomic E-state index is 12.0. The van der Waals surface area contributed by atoms with E-state index in [0.717, 1.165) is 17.0 Å². The topological polar surface area (TPSA) is 50.4 Å². The number of ether oxygens (including phenoxy) is 1. The first-order chi connectivity index (χ1) is 11.7. The Morgan fingerprint density at radius 1 is 0.792 bits per heavy atom. The minimum Gasteiger partial charge on any atom is -0.457 e. The molecule has 0 aromatic heterocycles. The highest BCUT2D eigenvalue weighted by molar-refractivity contribution is 5.99. The second kappa shape index (κ2) is 7.33. The molecule has 0 fully saturated rings. The Morgan fingerprint density at radius 2 is 1.46 bits per heavy atom. The lowest BCUT2D eigenvalue weighted by Crippen LogP contribution is -2.19. The van der Waals surface area contributed by atoms with Crippen LogP contribution in [0.4, 0.5) is 16.2 Å². The maximum Gasteiger partial charge on any atom is 0.323 e. The van der Waals surface area contributed by atoms with Crippen molar-refractivity contribution in [3.05, 3.63) is 84.4 Å². The van der Waals surface area contributed by atoms with Gasteiger partial charge in [0.05, 0.1) is 0 Å². The van der Waals surface area contributed by atoms with E-state index in [0.29, 0.717) is 11.4 Å². The first-order valence-electron chi connectivity index (χ1n) is 7.67. The minimum atomic E-state index is -0.297. The Bertz CT molecular complexity index is 832. The Labute approximate surface area is 141 Å². The Balaban J connectivity index is 1.67. The molecule has 0 heterocycles. The summed E-state index contributed by atoms with van der Waals surface area (Å²) in [5.41, 5.74) is 2.45. The molecule has 24 heavy (non-hydrogen) atoms. The molecule has 4 nitrogen and oxygen atoms in total. The molecule has 0 saturated heterocycles. The van der Waals surface area contributed by atoms with Crippen LogP contribution in [0.25, 0.3) is 0 Å². The van der Waals surface area contributed by atoms with Gasteiger partial charge in [-0.05, 0) is 42.8 Å². The van der Waals surface area contributed by atoms with Crippen molar-refractivity contribution >= 4 is 17.4 Å². The summed E-state index contributed by atoms with van der Waals surface area (Å²) in [6.45, 7) is 1.99. The number of para-hydroxylation sites is 2. The van der Waals surface area contributed by atoms with Crippen LogP contribution < -0.4 is 15.4 Å². The van der Waals surface area contributed by atoms with Gasteiger partial charge in [-0.25, -0.2) is 4.79 Å². The zero-order valence-corrected chi connectivity index (χ0v) is 13.3. The number of nitrogens with one attached hydrogen (secondary N) is 2. The van der Waals surface area contributed by atoms with Crippen molar-refractivity contribution in [2.75, 3.05) is 10.6 Å². The number of benzene rings is 3. The van der Waals surface area contributed by atoms with Crippen molar-refractivity contribution in [3.8, 4) is 11.5 Å². The van der Waals surface area contributed by atoms with E-state index in [9.17, 15) is 4.79 Å². The average molecular weight is 318 g/mol. The molecule has 0 bridgehead atoms. The van der Waals surface area contributed by atoms with Crippen molar-refractivity contribution in [2.24, 2.45) is 0 Å². The van der Waals surface area contributed by atoms with Gasteiger partial charge in [-0.1, -0.05) is 42.5 Å². The third-order valence-corrected chi connectivity index (χ3v) is 3.44. The van der Waals surface area contributed by atoms with Gasteiger partial charge in [-0.2, -0.15) is 0 Å². The summed E-state index contributed by atoms with van der Waals surface area (Å²) < 4.78 is 5.88. The number of urea groups is 1. The Hall–Kier alpha value is -3.27. The van der Waals surface area contributed by atoms with Gasteiger partial charge in [0.15, 0.2) is 0 Å². The average Bonchev–Trinajstić information content (AvgIpc) is 2.58. The molecule has 3 aromatic rings. The van der Waals surface area contributed by atoms with Crippen molar-refractivity contribution in [1.29, 1.82) is 0 Å². The molecule has 2 N–H and O–H groups in total. The zero-order chi connectivity index (χ0) is 16.8. The highest BCUT2D eigenvalue weighted by Gasteiger charge is 2.05. The summed E-state index contributed by atoms with van der Waals surface area (Å²) in [6, 6.07) is 24.1. The van der Waals surface area contributed by atoms with Crippen molar-refractivity contribution in [1.82, 2.24) is 0 Å². The third kappa shape index (κ3) is 4.14. The van der Waals surface area contributed by atoms with Gasteiger partial charge >= 0.3 is 6.03 Å². The lowest BCUT2D eigenvalue weighted by Gasteiger charge is -2.11. The van der Waals surface area contributed by atoms with Crippen LogP contribution in [-0.4, -0.2) is 6.03 Å². The van der Waals surface area contributed by atoms with Gasteiger partial charge < -0.3 is 15.4 Å². The molecule has 0 aliphatic rings. The predicted molar refractivity (Wildman–Crippen MR) is 96.8 cm³/mol. The summed E-state index contributed by atoms with van der Waals surface area (Å²) in [5.74, 6) is 1.46. The fourth-order valence-electron chi connectivity index (χ4n) is 2.25. The summed E-state index contributed by atoms with van der Waals surface area (Å²) in [5, 5.41) is 5.58. The molecule has 4 heteroatoms. The van der Waals surface area contributed by atoms with Crippen LogP contribution in [0.5, 0.6) is 11.5 Å². The van der Waals surface area contributed by atoms with Crippen LogP contribution in [0.1, 0.15) is 5.56 Å². The molecule has 0 aliphatic carbocycles. The number of carbonyl (C=O) groups excluding carboxylic acids is 1. The molecule has 0 atom stereocenters. The van der Waals surface area contributed by atoms with Gasteiger partial charge in [0.25, 0.3) is 0 Å². The Kier molecular flexibility index (Phi) is 4.77. The van der Waals surface area contributed by atoms with Gasteiger partial charge in [0.1, 0.15) is 11.5 Å². The molecule has 0 unspecified atom stereocenters. The second-order valence-corrected chi connectivity index (χ2v) is 5.34. The van der Waals surface area contributed by atoms with Crippen LogP contribution in [0, 0.1) is 6.92 Å². The van der Waals surface area contributed by atoms with Crippen LogP contribution in [0.15, 0.2) is 78.9 Å². The number of carbonyl (C=O) groups is 1. The number of aryl methyl sites for hydroxylation is 1. The number of anilines is 2. The number of rotatable bonds is 4. The predicted octanol–water partition coefficient (Wildman–Crippen LogP) is 5.43. The molecule has 3 aromatic carbocycles. The largest absolute Gasteiger partial charge is 0.457 e. The molecule has 0 radical (unpaired) electrons. The molecule has 0 aliphatic heterocycles. The Morgan fingerprint density at radius 3 is 2.25 bits per heavy atom. The quantitative estimate of drug-likeness (QED) is 0.673.